The van der Waals surface area contributed by atoms with Gasteiger partial charge in [0.2, 0.25) is 5.91 Å². The molecule has 0 aromatic carbocycles. The summed E-state index contributed by atoms with van der Waals surface area (Å²) in [6.45, 7) is 1.33. The van der Waals surface area contributed by atoms with Gasteiger partial charge in [-0.2, -0.15) is 0 Å². The van der Waals surface area contributed by atoms with Crippen LogP contribution >= 0.6 is 11.3 Å². The van der Waals surface area contributed by atoms with Crippen LogP contribution in [0.2, 0.25) is 0 Å². The van der Waals surface area contributed by atoms with Gasteiger partial charge < -0.3 is 19.4 Å². The van der Waals surface area contributed by atoms with E-state index >= 15 is 0 Å². The molecule has 0 bridgehead atoms. The van der Waals surface area contributed by atoms with Gasteiger partial charge in [-0.05, 0) is 30.0 Å². The number of rotatable bonds is 4. The third kappa shape index (κ3) is 2.74. The number of likely N-dealkylation sites (tertiary alicyclic amines) is 1. The van der Waals surface area contributed by atoms with Crippen LogP contribution in [0.25, 0.3) is 0 Å². The number of hydrogen-bond acceptors (Lipinski definition) is 5. The summed E-state index contributed by atoms with van der Waals surface area (Å²) in [5.41, 5.74) is 0. The van der Waals surface area contributed by atoms with Crippen molar-refractivity contribution < 1.29 is 18.7 Å². The third-order valence-electron chi connectivity index (χ3n) is 4.64. The minimum atomic E-state index is -0.337. The number of ether oxygens (including phenoxy) is 1. The smallest absolute Gasteiger partial charge is 0.264 e. The molecule has 2 aromatic rings. The molecule has 2 saturated heterocycles. The molecule has 126 valence electrons. The molecule has 6 nitrogen and oxygen atoms in total. The lowest BCUT2D eigenvalue weighted by Crippen LogP contribution is -2.37. The van der Waals surface area contributed by atoms with Crippen molar-refractivity contribution >= 4 is 23.2 Å². The molecule has 7 heteroatoms. The van der Waals surface area contributed by atoms with Gasteiger partial charge in [-0.15, -0.1) is 11.3 Å². The minimum absolute atomic E-state index is 0.00756. The maximum atomic E-state index is 12.7. The molecule has 24 heavy (non-hydrogen) atoms. The first-order valence-corrected chi connectivity index (χ1v) is 8.88. The topological polar surface area (TPSA) is 71.8 Å². The van der Waals surface area contributed by atoms with Gasteiger partial charge in [0.25, 0.3) is 5.91 Å². The summed E-state index contributed by atoms with van der Waals surface area (Å²) >= 11 is 1.43. The van der Waals surface area contributed by atoms with E-state index in [0.717, 1.165) is 6.42 Å². The summed E-state index contributed by atoms with van der Waals surface area (Å²) < 4.78 is 11.0. The molecule has 1 N–H and O–H groups in total. The first-order valence-electron chi connectivity index (χ1n) is 8.00. The molecular weight excluding hydrogens is 328 g/mol. The predicted molar refractivity (Wildman–Crippen MR) is 87.5 cm³/mol. The van der Waals surface area contributed by atoms with Crippen LogP contribution in [0.1, 0.15) is 21.9 Å². The molecule has 3 atom stereocenters. The van der Waals surface area contributed by atoms with Crippen LogP contribution in [-0.2, 0) is 16.1 Å². The fourth-order valence-electron chi connectivity index (χ4n) is 3.49. The Morgan fingerprint density at radius 2 is 2.25 bits per heavy atom. The average Bonchev–Trinajstić information content (AvgIpc) is 3.37. The highest BCUT2D eigenvalue weighted by Gasteiger charge is 2.50. The van der Waals surface area contributed by atoms with Gasteiger partial charge in [-0.3, -0.25) is 9.59 Å². The molecule has 0 aliphatic carbocycles. The van der Waals surface area contributed by atoms with Gasteiger partial charge in [0.1, 0.15) is 5.76 Å². The highest BCUT2D eigenvalue weighted by atomic mass is 32.1. The zero-order chi connectivity index (χ0) is 16.5. The van der Waals surface area contributed by atoms with E-state index < -0.39 is 0 Å². The maximum absolute atomic E-state index is 12.7. The average molecular weight is 346 g/mol. The number of carbonyl (C=O) groups is 2. The third-order valence-corrected chi connectivity index (χ3v) is 5.50. The van der Waals surface area contributed by atoms with E-state index in [1.165, 1.54) is 11.3 Å². The van der Waals surface area contributed by atoms with Crippen molar-refractivity contribution in [2.75, 3.05) is 13.2 Å². The van der Waals surface area contributed by atoms with Gasteiger partial charge in [-0.25, -0.2) is 0 Å². The Labute approximate surface area is 143 Å². The second kappa shape index (κ2) is 6.41. The Hall–Kier alpha value is -2.12. The van der Waals surface area contributed by atoms with Crippen molar-refractivity contribution in [2.45, 2.75) is 25.1 Å². The fraction of sp³-hybridized carbons (Fsp3) is 0.412. The number of thiophene rings is 1. The molecule has 0 saturated carbocycles. The maximum Gasteiger partial charge on any atom is 0.264 e. The Kier molecular flexibility index (Phi) is 4.12. The van der Waals surface area contributed by atoms with Crippen molar-refractivity contribution in [2.24, 2.45) is 5.92 Å². The molecule has 2 aliphatic rings. The van der Waals surface area contributed by atoms with Crippen molar-refractivity contribution in [1.29, 1.82) is 0 Å². The van der Waals surface area contributed by atoms with Crippen molar-refractivity contribution in [3.8, 4) is 0 Å². The fourth-order valence-corrected chi connectivity index (χ4v) is 4.17. The SMILES string of the molecule is O=C(NCc1ccco1)C1CN(C(=O)c2cccs2)C2CCOC12. The summed E-state index contributed by atoms with van der Waals surface area (Å²) in [5.74, 6) is 0.268. The van der Waals surface area contributed by atoms with Crippen molar-refractivity contribution in [1.82, 2.24) is 10.2 Å². The van der Waals surface area contributed by atoms with Crippen molar-refractivity contribution in [3.05, 3.63) is 46.5 Å². The monoisotopic (exact) mass is 346 g/mol. The number of furan rings is 1. The lowest BCUT2D eigenvalue weighted by Gasteiger charge is -2.21. The highest BCUT2D eigenvalue weighted by Crippen LogP contribution is 2.35. The van der Waals surface area contributed by atoms with Crippen LogP contribution in [0.3, 0.4) is 0 Å². The minimum Gasteiger partial charge on any atom is -0.467 e. The van der Waals surface area contributed by atoms with Gasteiger partial charge in [0.05, 0.1) is 35.7 Å². The standard InChI is InChI=1S/C17H18N2O4S/c20-16(18-9-11-3-1-6-22-11)12-10-19(13-5-7-23-15(12)13)17(21)14-4-2-8-24-14/h1-4,6,8,12-13,15H,5,7,9-10H2,(H,18,20). The molecule has 0 radical (unpaired) electrons. The van der Waals surface area contributed by atoms with E-state index in [4.69, 9.17) is 9.15 Å². The molecule has 2 amide bonds. The number of amides is 2. The Bertz CT molecular complexity index is 713. The predicted octanol–water partition coefficient (Wildman–Crippen LogP) is 1.89. The molecule has 4 heterocycles. The molecule has 2 aliphatic heterocycles. The quantitative estimate of drug-likeness (QED) is 0.918. The lowest BCUT2D eigenvalue weighted by molar-refractivity contribution is -0.127. The molecule has 4 rings (SSSR count). The first-order chi connectivity index (χ1) is 11.7. The molecule has 3 unspecified atom stereocenters. The Morgan fingerprint density at radius 3 is 3.00 bits per heavy atom. The van der Waals surface area contributed by atoms with E-state index in [9.17, 15) is 9.59 Å². The summed E-state index contributed by atoms with van der Waals surface area (Å²) in [4.78, 5) is 27.8. The Balaban J connectivity index is 1.46. The Morgan fingerprint density at radius 1 is 1.33 bits per heavy atom. The van der Waals surface area contributed by atoms with Gasteiger partial charge in [0.15, 0.2) is 0 Å². The number of fused-ring (bicyclic) bond motifs is 1. The largest absolute Gasteiger partial charge is 0.467 e. The van der Waals surface area contributed by atoms with Gasteiger partial charge >= 0.3 is 0 Å². The van der Waals surface area contributed by atoms with Crippen LogP contribution in [-0.4, -0.2) is 42.0 Å². The van der Waals surface area contributed by atoms with E-state index in [1.54, 1.807) is 17.2 Å². The number of hydrogen-bond donors (Lipinski definition) is 1. The van der Waals surface area contributed by atoms with Crippen LogP contribution in [0.15, 0.2) is 40.3 Å². The van der Waals surface area contributed by atoms with Gasteiger partial charge in [0, 0.05) is 13.2 Å². The second-order valence-corrected chi connectivity index (χ2v) is 6.98. The van der Waals surface area contributed by atoms with Crippen molar-refractivity contribution in [3.63, 3.8) is 0 Å². The molecule has 0 spiro atoms. The van der Waals surface area contributed by atoms with Gasteiger partial charge in [-0.1, -0.05) is 6.07 Å². The molecule has 2 fully saturated rings. The first kappa shape index (κ1) is 15.4. The number of nitrogens with zero attached hydrogens (tertiary/aromatic N) is 1. The van der Waals surface area contributed by atoms with E-state index in [1.807, 2.05) is 23.6 Å². The van der Waals surface area contributed by atoms with E-state index in [2.05, 4.69) is 5.32 Å². The van der Waals surface area contributed by atoms with Crippen LogP contribution in [0.5, 0.6) is 0 Å². The molecule has 2 aromatic heterocycles. The van der Waals surface area contributed by atoms with E-state index in [0.29, 0.717) is 30.3 Å². The normalized spacial score (nSPS) is 25.7. The highest BCUT2D eigenvalue weighted by molar-refractivity contribution is 7.12. The zero-order valence-electron chi connectivity index (χ0n) is 13.0. The summed E-state index contributed by atoms with van der Waals surface area (Å²) in [6.07, 6.45) is 2.14. The summed E-state index contributed by atoms with van der Waals surface area (Å²) in [6, 6.07) is 7.27. The summed E-state index contributed by atoms with van der Waals surface area (Å²) in [7, 11) is 0. The number of carbonyl (C=O) groups excluding carboxylic acids is 2. The zero-order valence-corrected chi connectivity index (χ0v) is 13.8. The lowest BCUT2D eigenvalue weighted by atomic mass is 10.0. The second-order valence-electron chi connectivity index (χ2n) is 6.03. The summed E-state index contributed by atoms with van der Waals surface area (Å²) in [5, 5.41) is 4.77. The van der Waals surface area contributed by atoms with Crippen LogP contribution in [0.4, 0.5) is 0 Å². The molecular formula is C17H18N2O4S. The number of nitrogens with one attached hydrogen (secondary N) is 1. The van der Waals surface area contributed by atoms with Crippen LogP contribution < -0.4 is 5.32 Å². The van der Waals surface area contributed by atoms with E-state index in [-0.39, 0.29) is 29.9 Å². The van der Waals surface area contributed by atoms with Crippen LogP contribution in [0, 0.1) is 5.92 Å².